The molecule has 0 radical (unpaired) electrons. The first-order valence-corrected chi connectivity index (χ1v) is 6.99. The number of aliphatic hydroxyl groups is 2. The number of hydrogen-bond acceptors (Lipinski definition) is 5. The summed E-state index contributed by atoms with van der Waals surface area (Å²) in [6.45, 7) is 4.78. The van der Waals surface area contributed by atoms with Crippen LogP contribution in [0.5, 0.6) is 0 Å². The minimum absolute atomic E-state index is 0.440. The predicted molar refractivity (Wildman–Crippen MR) is 72.3 cm³/mol. The summed E-state index contributed by atoms with van der Waals surface area (Å²) in [5.74, 6) is 1.76. The van der Waals surface area contributed by atoms with Gasteiger partial charge in [-0.1, -0.05) is 0 Å². The van der Waals surface area contributed by atoms with Crippen LogP contribution >= 0.6 is 0 Å². The van der Waals surface area contributed by atoms with Crippen molar-refractivity contribution >= 4 is 5.82 Å². The molecule has 0 amide bonds. The van der Waals surface area contributed by atoms with Gasteiger partial charge in [-0.2, -0.15) is 0 Å². The van der Waals surface area contributed by atoms with Gasteiger partial charge in [-0.3, -0.25) is 0 Å². The van der Waals surface area contributed by atoms with E-state index in [2.05, 4.69) is 14.9 Å². The van der Waals surface area contributed by atoms with Crippen LogP contribution in [0, 0.1) is 6.92 Å². The van der Waals surface area contributed by atoms with Crippen LogP contribution in [0.4, 0.5) is 5.82 Å². The van der Waals surface area contributed by atoms with Crippen LogP contribution in [0.25, 0.3) is 0 Å². The van der Waals surface area contributed by atoms with Crippen molar-refractivity contribution in [2.45, 2.75) is 51.2 Å². The molecule has 1 aliphatic carbocycles. The van der Waals surface area contributed by atoms with E-state index in [4.69, 9.17) is 0 Å². The molecule has 5 heteroatoms. The van der Waals surface area contributed by atoms with Gasteiger partial charge in [-0.15, -0.1) is 0 Å². The van der Waals surface area contributed by atoms with Gasteiger partial charge in [0.1, 0.15) is 11.6 Å². The second-order valence-electron chi connectivity index (χ2n) is 5.94. The lowest BCUT2D eigenvalue weighted by atomic mass is 9.90. The van der Waals surface area contributed by atoms with Crippen molar-refractivity contribution < 1.29 is 10.2 Å². The number of rotatable bonds is 1. The van der Waals surface area contributed by atoms with Crippen molar-refractivity contribution in [1.29, 1.82) is 0 Å². The molecule has 0 saturated carbocycles. The van der Waals surface area contributed by atoms with Crippen molar-refractivity contribution in [3.05, 3.63) is 17.1 Å². The highest BCUT2D eigenvalue weighted by Crippen LogP contribution is 2.32. The smallest absolute Gasteiger partial charge is 0.135 e. The summed E-state index contributed by atoms with van der Waals surface area (Å²) < 4.78 is 0. The van der Waals surface area contributed by atoms with Gasteiger partial charge in [0.05, 0.1) is 11.7 Å². The molecule has 1 aliphatic heterocycles. The van der Waals surface area contributed by atoms with E-state index in [0.29, 0.717) is 13.0 Å². The molecule has 2 aliphatic rings. The highest BCUT2D eigenvalue weighted by molar-refractivity contribution is 5.51. The molecule has 1 aromatic heterocycles. The van der Waals surface area contributed by atoms with Crippen molar-refractivity contribution in [3.63, 3.8) is 0 Å². The van der Waals surface area contributed by atoms with Crippen LogP contribution in [-0.4, -0.2) is 45.0 Å². The second-order valence-corrected chi connectivity index (χ2v) is 5.94. The van der Waals surface area contributed by atoms with Gasteiger partial charge in [0.25, 0.3) is 0 Å². The molecule has 2 N–H and O–H groups in total. The Kier molecular flexibility index (Phi) is 2.98. The monoisotopic (exact) mass is 263 g/mol. The number of aliphatic hydroxyl groups excluding tert-OH is 1. The zero-order valence-corrected chi connectivity index (χ0v) is 11.6. The van der Waals surface area contributed by atoms with Crippen LogP contribution in [0.3, 0.4) is 0 Å². The van der Waals surface area contributed by atoms with Crippen molar-refractivity contribution in [2.24, 2.45) is 0 Å². The highest BCUT2D eigenvalue weighted by atomic mass is 16.3. The Hall–Kier alpha value is -1.20. The number of aromatic nitrogens is 2. The number of fused-ring (bicyclic) bond motifs is 1. The molecule has 1 aromatic rings. The molecule has 0 aromatic carbocycles. The zero-order valence-electron chi connectivity index (χ0n) is 11.6. The zero-order chi connectivity index (χ0) is 13.6. The molecule has 0 unspecified atom stereocenters. The Balaban J connectivity index is 1.92. The number of β-amino-alcohol motifs (C(OH)–C–C–N with tert-alkyl or cyclic N) is 1. The molecule has 104 valence electrons. The lowest BCUT2D eigenvalue weighted by molar-refractivity contribution is -0.0723. The molecular formula is C14H21N3O2. The number of hydrogen-bond donors (Lipinski definition) is 2. The van der Waals surface area contributed by atoms with Gasteiger partial charge in [-0.25, -0.2) is 9.97 Å². The third-order valence-corrected chi connectivity index (χ3v) is 4.32. The summed E-state index contributed by atoms with van der Waals surface area (Å²) in [5.41, 5.74) is 1.41. The summed E-state index contributed by atoms with van der Waals surface area (Å²) in [7, 11) is 0. The SMILES string of the molecule is Cc1nc2c(c(N3CC[C@](C)(O)[C@@H](O)C3)n1)CCC2. The number of aryl methyl sites for hydroxylation is 2. The van der Waals surface area contributed by atoms with Gasteiger partial charge in [0.2, 0.25) is 0 Å². The van der Waals surface area contributed by atoms with E-state index in [1.807, 2.05) is 6.92 Å². The fourth-order valence-corrected chi connectivity index (χ4v) is 3.01. The Labute approximate surface area is 113 Å². The first-order chi connectivity index (χ1) is 8.97. The van der Waals surface area contributed by atoms with E-state index < -0.39 is 11.7 Å². The maximum Gasteiger partial charge on any atom is 0.135 e. The van der Waals surface area contributed by atoms with E-state index in [1.54, 1.807) is 6.92 Å². The third kappa shape index (κ3) is 2.21. The quantitative estimate of drug-likeness (QED) is 0.776. The second kappa shape index (κ2) is 4.42. The molecule has 5 nitrogen and oxygen atoms in total. The first-order valence-electron chi connectivity index (χ1n) is 6.99. The lowest BCUT2D eigenvalue weighted by Gasteiger charge is -2.41. The summed E-state index contributed by atoms with van der Waals surface area (Å²) in [6, 6.07) is 0. The normalized spacial score (nSPS) is 30.5. The van der Waals surface area contributed by atoms with Crippen LogP contribution in [0.2, 0.25) is 0 Å². The van der Waals surface area contributed by atoms with Crippen molar-refractivity contribution in [1.82, 2.24) is 9.97 Å². The largest absolute Gasteiger partial charge is 0.388 e. The fraction of sp³-hybridized carbons (Fsp3) is 0.714. The van der Waals surface area contributed by atoms with Crippen LogP contribution in [0.15, 0.2) is 0 Å². The number of nitrogens with zero attached hydrogens (tertiary/aromatic N) is 3. The average molecular weight is 263 g/mol. The Morgan fingerprint density at radius 2 is 2.11 bits per heavy atom. The maximum atomic E-state index is 10.1. The minimum atomic E-state index is -0.984. The topological polar surface area (TPSA) is 69.5 Å². The maximum absolute atomic E-state index is 10.1. The van der Waals surface area contributed by atoms with Crippen molar-refractivity contribution in [2.75, 3.05) is 18.0 Å². The first kappa shape index (κ1) is 12.8. The molecule has 3 rings (SSSR count). The Bertz CT molecular complexity index is 502. The van der Waals surface area contributed by atoms with E-state index in [9.17, 15) is 10.2 Å². The standard InChI is InChI=1S/C14H21N3O2/c1-9-15-11-5-3-4-10(11)13(16-9)17-7-6-14(2,19)12(18)8-17/h12,18-19H,3-8H2,1-2H3/t12-,14-/m0/s1. The minimum Gasteiger partial charge on any atom is -0.388 e. The van der Waals surface area contributed by atoms with Crippen molar-refractivity contribution in [3.8, 4) is 0 Å². The number of anilines is 1. The fourth-order valence-electron chi connectivity index (χ4n) is 3.01. The van der Waals surface area contributed by atoms with E-state index in [-0.39, 0.29) is 0 Å². The van der Waals surface area contributed by atoms with Gasteiger partial charge < -0.3 is 15.1 Å². The van der Waals surface area contributed by atoms with E-state index in [1.165, 1.54) is 5.56 Å². The Morgan fingerprint density at radius 1 is 1.32 bits per heavy atom. The van der Waals surface area contributed by atoms with Gasteiger partial charge in [0, 0.05) is 24.3 Å². The molecule has 2 atom stereocenters. The summed E-state index contributed by atoms with van der Waals surface area (Å²) in [4.78, 5) is 11.2. The van der Waals surface area contributed by atoms with E-state index in [0.717, 1.165) is 43.1 Å². The molecule has 0 bridgehead atoms. The van der Waals surface area contributed by atoms with Crippen LogP contribution in [-0.2, 0) is 12.8 Å². The molecule has 1 saturated heterocycles. The molecule has 0 spiro atoms. The van der Waals surface area contributed by atoms with Gasteiger partial charge in [0.15, 0.2) is 0 Å². The number of piperidine rings is 1. The molecular weight excluding hydrogens is 242 g/mol. The average Bonchev–Trinajstić information content (AvgIpc) is 2.79. The van der Waals surface area contributed by atoms with Crippen LogP contribution in [0.1, 0.15) is 36.8 Å². The summed E-state index contributed by atoms with van der Waals surface area (Å²) in [5, 5.41) is 20.1. The van der Waals surface area contributed by atoms with E-state index >= 15 is 0 Å². The molecule has 2 heterocycles. The molecule has 1 fully saturated rings. The third-order valence-electron chi connectivity index (χ3n) is 4.32. The van der Waals surface area contributed by atoms with Crippen LogP contribution < -0.4 is 4.90 Å². The summed E-state index contributed by atoms with van der Waals surface area (Å²) >= 11 is 0. The predicted octanol–water partition coefficient (Wildman–Crippen LogP) is 0.596. The van der Waals surface area contributed by atoms with Gasteiger partial charge in [-0.05, 0) is 39.5 Å². The summed E-state index contributed by atoms with van der Waals surface area (Å²) in [6.07, 6.45) is 3.02. The van der Waals surface area contributed by atoms with Gasteiger partial charge >= 0.3 is 0 Å². The Morgan fingerprint density at radius 3 is 2.84 bits per heavy atom. The molecule has 19 heavy (non-hydrogen) atoms. The lowest BCUT2D eigenvalue weighted by Crippen LogP contribution is -2.54. The highest BCUT2D eigenvalue weighted by Gasteiger charge is 2.37.